The molecule has 1 aliphatic carbocycles. The molecule has 3 atom stereocenters. The summed E-state index contributed by atoms with van der Waals surface area (Å²) in [6.07, 6.45) is -0.0341. The van der Waals surface area contributed by atoms with Crippen molar-refractivity contribution in [2.24, 2.45) is 5.41 Å². The summed E-state index contributed by atoms with van der Waals surface area (Å²) < 4.78 is 32.0. The van der Waals surface area contributed by atoms with Crippen LogP contribution in [0, 0.1) is 17.0 Å². The summed E-state index contributed by atoms with van der Waals surface area (Å²) in [4.78, 5) is 0. The largest absolute Gasteiger partial charge is 0.387 e. The molecule has 2 N–H and O–H groups in total. The van der Waals surface area contributed by atoms with E-state index in [1.807, 2.05) is 0 Å². The Balaban J connectivity index is 1.93. The molecule has 0 saturated heterocycles. The van der Waals surface area contributed by atoms with Crippen molar-refractivity contribution in [3.63, 3.8) is 0 Å². The summed E-state index contributed by atoms with van der Waals surface area (Å²) >= 11 is 0. The van der Waals surface area contributed by atoms with Crippen molar-refractivity contribution in [1.29, 1.82) is 0 Å². The second kappa shape index (κ2) is 5.76. The molecule has 0 heterocycles. The van der Waals surface area contributed by atoms with E-state index in [0.29, 0.717) is 0 Å². The molecule has 0 aliphatic heterocycles. The molecular formula is C15H21F2NO2. The zero-order chi connectivity index (χ0) is 14.9. The normalized spacial score (nSPS) is 26.1. The van der Waals surface area contributed by atoms with Crippen LogP contribution in [0.1, 0.15) is 31.9 Å². The van der Waals surface area contributed by atoms with E-state index in [4.69, 9.17) is 4.74 Å². The molecule has 0 amide bonds. The van der Waals surface area contributed by atoms with Crippen LogP contribution < -0.4 is 5.32 Å². The number of benzene rings is 1. The minimum absolute atomic E-state index is 0.0158. The van der Waals surface area contributed by atoms with Gasteiger partial charge in [-0.3, -0.25) is 0 Å². The summed E-state index contributed by atoms with van der Waals surface area (Å²) in [6, 6.07) is 3.30. The van der Waals surface area contributed by atoms with E-state index in [2.05, 4.69) is 19.2 Å². The Morgan fingerprint density at radius 3 is 2.75 bits per heavy atom. The summed E-state index contributed by atoms with van der Waals surface area (Å²) in [5.41, 5.74) is -0.0486. The van der Waals surface area contributed by atoms with E-state index in [1.165, 1.54) is 0 Å². The topological polar surface area (TPSA) is 41.5 Å². The third kappa shape index (κ3) is 2.85. The minimum atomic E-state index is -1.07. The number of hydrogen-bond acceptors (Lipinski definition) is 3. The average Bonchev–Trinajstić information content (AvgIpc) is 2.40. The second-order valence-corrected chi connectivity index (χ2v) is 5.92. The molecule has 0 radical (unpaired) electrons. The van der Waals surface area contributed by atoms with Crippen molar-refractivity contribution in [3.8, 4) is 0 Å². The monoisotopic (exact) mass is 285 g/mol. The highest BCUT2D eigenvalue weighted by Gasteiger charge is 2.48. The minimum Gasteiger partial charge on any atom is -0.387 e. The lowest BCUT2D eigenvalue weighted by Gasteiger charge is -2.51. The van der Waals surface area contributed by atoms with Crippen LogP contribution in [0.4, 0.5) is 8.78 Å². The molecule has 0 spiro atoms. The quantitative estimate of drug-likeness (QED) is 0.873. The summed E-state index contributed by atoms with van der Waals surface area (Å²) in [7, 11) is 1.68. The van der Waals surface area contributed by atoms with Crippen molar-refractivity contribution in [3.05, 3.63) is 35.4 Å². The van der Waals surface area contributed by atoms with Gasteiger partial charge in [-0.05, 0) is 24.6 Å². The van der Waals surface area contributed by atoms with Gasteiger partial charge in [0, 0.05) is 30.7 Å². The maximum Gasteiger partial charge on any atom is 0.129 e. The van der Waals surface area contributed by atoms with Gasteiger partial charge in [0.05, 0.1) is 12.2 Å². The highest BCUT2D eigenvalue weighted by molar-refractivity contribution is 5.21. The van der Waals surface area contributed by atoms with Crippen LogP contribution in [-0.2, 0) is 4.74 Å². The number of aliphatic hydroxyl groups excluding tert-OH is 1. The fourth-order valence-corrected chi connectivity index (χ4v) is 2.77. The molecule has 3 unspecified atom stereocenters. The first-order valence-corrected chi connectivity index (χ1v) is 6.75. The van der Waals surface area contributed by atoms with Crippen molar-refractivity contribution in [2.45, 2.75) is 38.5 Å². The van der Waals surface area contributed by atoms with E-state index < -0.39 is 17.7 Å². The maximum atomic E-state index is 13.5. The standard InChI is InChI=1S/C15H21F2NO2/c1-15(2)13(7-14(15)20-3)18-8-12(19)10-6-9(16)4-5-11(10)17/h4-6,12-14,18-19H,7-8H2,1-3H3. The molecule has 5 heteroatoms. The fraction of sp³-hybridized carbons (Fsp3) is 0.600. The van der Waals surface area contributed by atoms with Crippen molar-refractivity contribution in [2.75, 3.05) is 13.7 Å². The molecule has 0 aromatic heterocycles. The third-order valence-corrected chi connectivity index (χ3v) is 4.34. The first-order valence-electron chi connectivity index (χ1n) is 6.75. The van der Waals surface area contributed by atoms with E-state index >= 15 is 0 Å². The second-order valence-electron chi connectivity index (χ2n) is 5.92. The molecule has 1 aliphatic rings. The predicted octanol–water partition coefficient (Wildman–Crippen LogP) is 2.40. The molecule has 20 heavy (non-hydrogen) atoms. The number of halogens is 2. The average molecular weight is 285 g/mol. The van der Waals surface area contributed by atoms with Gasteiger partial charge in [0.1, 0.15) is 11.6 Å². The molecule has 0 bridgehead atoms. The molecule has 3 nitrogen and oxygen atoms in total. The fourth-order valence-electron chi connectivity index (χ4n) is 2.77. The van der Waals surface area contributed by atoms with Gasteiger partial charge >= 0.3 is 0 Å². The van der Waals surface area contributed by atoms with Crippen molar-refractivity contribution < 1.29 is 18.6 Å². The lowest BCUT2D eigenvalue weighted by molar-refractivity contribution is -0.0992. The van der Waals surface area contributed by atoms with Gasteiger partial charge < -0.3 is 15.2 Å². The highest BCUT2D eigenvalue weighted by Crippen LogP contribution is 2.42. The van der Waals surface area contributed by atoms with E-state index in [9.17, 15) is 13.9 Å². The molecule has 112 valence electrons. The predicted molar refractivity (Wildman–Crippen MR) is 72.3 cm³/mol. The lowest BCUT2D eigenvalue weighted by Crippen LogP contribution is -2.61. The number of nitrogens with one attached hydrogen (secondary N) is 1. The van der Waals surface area contributed by atoms with Gasteiger partial charge in [0.15, 0.2) is 0 Å². The van der Waals surface area contributed by atoms with Crippen LogP contribution in [0.5, 0.6) is 0 Å². The number of rotatable bonds is 5. The van der Waals surface area contributed by atoms with E-state index in [-0.39, 0.29) is 29.7 Å². The van der Waals surface area contributed by atoms with Gasteiger partial charge in [0.25, 0.3) is 0 Å². The molecule has 1 saturated carbocycles. The SMILES string of the molecule is COC1CC(NCC(O)c2cc(F)ccc2F)C1(C)C. The van der Waals surface area contributed by atoms with Gasteiger partial charge in [-0.1, -0.05) is 13.8 Å². The molecule has 2 rings (SSSR count). The molecule has 1 aromatic carbocycles. The van der Waals surface area contributed by atoms with Crippen LogP contribution in [-0.4, -0.2) is 30.9 Å². The first kappa shape index (κ1) is 15.4. The first-order chi connectivity index (χ1) is 9.36. The Bertz CT molecular complexity index is 479. The number of methoxy groups -OCH3 is 1. The van der Waals surface area contributed by atoms with Gasteiger partial charge in [0.2, 0.25) is 0 Å². The Morgan fingerprint density at radius 2 is 2.15 bits per heavy atom. The van der Waals surface area contributed by atoms with Crippen LogP contribution in [0.15, 0.2) is 18.2 Å². The number of aliphatic hydroxyl groups is 1. The van der Waals surface area contributed by atoms with Gasteiger partial charge in [-0.2, -0.15) is 0 Å². The molecule has 1 aromatic rings. The van der Waals surface area contributed by atoms with Gasteiger partial charge in [-0.15, -0.1) is 0 Å². The Labute approximate surface area is 117 Å². The highest BCUT2D eigenvalue weighted by atomic mass is 19.1. The van der Waals surface area contributed by atoms with Crippen LogP contribution in [0.25, 0.3) is 0 Å². The summed E-state index contributed by atoms with van der Waals surface area (Å²) in [6.45, 7) is 4.35. The summed E-state index contributed by atoms with van der Waals surface area (Å²) in [5, 5.41) is 13.2. The van der Waals surface area contributed by atoms with Crippen LogP contribution in [0.2, 0.25) is 0 Å². The smallest absolute Gasteiger partial charge is 0.129 e. The lowest BCUT2D eigenvalue weighted by atomic mass is 9.64. The van der Waals surface area contributed by atoms with Crippen LogP contribution in [0.3, 0.4) is 0 Å². The Hall–Kier alpha value is -1.04. The zero-order valence-corrected chi connectivity index (χ0v) is 12.0. The zero-order valence-electron chi connectivity index (χ0n) is 12.0. The van der Waals surface area contributed by atoms with Crippen molar-refractivity contribution in [1.82, 2.24) is 5.32 Å². The summed E-state index contributed by atoms with van der Waals surface area (Å²) in [5.74, 6) is -1.15. The molecule has 1 fully saturated rings. The van der Waals surface area contributed by atoms with E-state index in [1.54, 1.807) is 7.11 Å². The van der Waals surface area contributed by atoms with E-state index in [0.717, 1.165) is 24.6 Å². The number of ether oxygens (including phenoxy) is 1. The maximum absolute atomic E-state index is 13.5. The van der Waals surface area contributed by atoms with Gasteiger partial charge in [-0.25, -0.2) is 8.78 Å². The number of hydrogen-bond donors (Lipinski definition) is 2. The third-order valence-electron chi connectivity index (χ3n) is 4.34. The van der Waals surface area contributed by atoms with Crippen LogP contribution >= 0.6 is 0 Å². The Morgan fingerprint density at radius 1 is 1.45 bits per heavy atom. The van der Waals surface area contributed by atoms with Crippen molar-refractivity contribution >= 4 is 0 Å². The molecular weight excluding hydrogens is 264 g/mol. The Kier molecular flexibility index (Phi) is 4.42.